The second kappa shape index (κ2) is 9.67. The molecular weight excluding hydrogens is 365 g/mol. The van der Waals surface area contributed by atoms with Gasteiger partial charge in [-0.25, -0.2) is 0 Å². The molecular formula is C20H20NO5P. The lowest BCUT2D eigenvalue weighted by Gasteiger charge is -2.19. The van der Waals surface area contributed by atoms with E-state index < -0.39 is 8.60 Å². The van der Waals surface area contributed by atoms with E-state index in [9.17, 15) is 0 Å². The molecule has 140 valence electrons. The fourth-order valence-corrected chi connectivity index (χ4v) is 3.04. The lowest BCUT2D eigenvalue weighted by Crippen LogP contribution is -2.06. The van der Waals surface area contributed by atoms with Crippen LogP contribution in [0.3, 0.4) is 0 Å². The summed E-state index contributed by atoms with van der Waals surface area (Å²) >= 11 is 0. The zero-order valence-electron chi connectivity index (χ0n) is 15.0. The van der Waals surface area contributed by atoms with Crippen LogP contribution in [0.4, 0.5) is 5.69 Å². The Morgan fingerprint density at radius 2 is 1.26 bits per heavy atom. The van der Waals surface area contributed by atoms with E-state index in [2.05, 4.69) is 5.48 Å². The third-order valence-corrected chi connectivity index (χ3v) is 4.44. The molecule has 3 rings (SSSR count). The first-order chi connectivity index (χ1) is 13.3. The van der Waals surface area contributed by atoms with E-state index in [0.29, 0.717) is 28.7 Å². The predicted octanol–water partition coefficient (Wildman–Crippen LogP) is 5.43. The van der Waals surface area contributed by atoms with Gasteiger partial charge in [0.2, 0.25) is 0 Å². The van der Waals surface area contributed by atoms with Gasteiger partial charge in [-0.1, -0.05) is 36.4 Å². The number of benzene rings is 3. The number of anilines is 1. The first-order valence-corrected chi connectivity index (χ1v) is 9.29. The third kappa shape index (κ3) is 5.51. The SMILES string of the molecule is COc1ccc(OC)c(NOP(Oc2ccccc2)Oc2ccccc2)c1. The fraction of sp³-hybridized carbons (Fsp3) is 0.100. The molecule has 0 aliphatic carbocycles. The Bertz CT molecular complexity index is 791. The van der Waals surface area contributed by atoms with Gasteiger partial charge in [0.05, 0.1) is 14.2 Å². The molecule has 3 aromatic carbocycles. The summed E-state index contributed by atoms with van der Waals surface area (Å²) in [6, 6.07) is 24.0. The van der Waals surface area contributed by atoms with E-state index in [1.54, 1.807) is 32.4 Å². The van der Waals surface area contributed by atoms with Crippen molar-refractivity contribution in [1.82, 2.24) is 0 Å². The van der Waals surface area contributed by atoms with E-state index in [1.807, 2.05) is 60.7 Å². The van der Waals surface area contributed by atoms with Crippen LogP contribution in [-0.2, 0) is 4.62 Å². The molecule has 0 fully saturated rings. The lowest BCUT2D eigenvalue weighted by molar-refractivity contribution is 0.315. The van der Waals surface area contributed by atoms with Crippen molar-refractivity contribution >= 4 is 14.3 Å². The minimum absolute atomic E-state index is 0.595. The van der Waals surface area contributed by atoms with E-state index in [0.717, 1.165) is 0 Å². The van der Waals surface area contributed by atoms with E-state index in [4.69, 9.17) is 23.1 Å². The summed E-state index contributed by atoms with van der Waals surface area (Å²) < 4.78 is 28.0. The summed E-state index contributed by atoms with van der Waals surface area (Å²) in [5.41, 5.74) is 3.45. The Balaban J connectivity index is 1.74. The Morgan fingerprint density at radius 3 is 1.78 bits per heavy atom. The molecule has 0 bridgehead atoms. The molecule has 0 saturated heterocycles. The van der Waals surface area contributed by atoms with Crippen LogP contribution in [-0.4, -0.2) is 14.2 Å². The molecule has 27 heavy (non-hydrogen) atoms. The molecule has 0 aliphatic heterocycles. The molecule has 0 spiro atoms. The summed E-state index contributed by atoms with van der Waals surface area (Å²) in [6.07, 6.45) is 0. The summed E-state index contributed by atoms with van der Waals surface area (Å²) in [7, 11) is 1.40. The molecule has 0 aromatic heterocycles. The molecule has 0 radical (unpaired) electrons. The Morgan fingerprint density at radius 1 is 0.667 bits per heavy atom. The molecule has 6 nitrogen and oxygen atoms in total. The quantitative estimate of drug-likeness (QED) is 0.391. The van der Waals surface area contributed by atoms with Gasteiger partial charge in [0.25, 0.3) is 0 Å². The Hall–Kier alpha value is -2.95. The monoisotopic (exact) mass is 385 g/mol. The lowest BCUT2D eigenvalue weighted by atomic mass is 10.3. The fourth-order valence-electron chi connectivity index (χ4n) is 2.17. The Labute approximate surface area is 159 Å². The standard InChI is InChI=1S/C20H20NO5P/c1-22-18-13-14-20(23-2)19(15-18)21-26-27(24-16-9-5-3-6-10-16)25-17-11-7-4-8-12-17/h3-15,21H,1-2H3. The molecule has 0 aliphatic rings. The number of nitrogens with one attached hydrogen (secondary N) is 1. The van der Waals surface area contributed by atoms with Gasteiger partial charge in [-0.2, -0.15) is 4.62 Å². The summed E-state index contributed by atoms with van der Waals surface area (Å²) in [5, 5.41) is 0. The summed E-state index contributed by atoms with van der Waals surface area (Å²) in [5.74, 6) is 2.54. The van der Waals surface area contributed by atoms with Gasteiger partial charge >= 0.3 is 8.60 Å². The predicted molar refractivity (Wildman–Crippen MR) is 105 cm³/mol. The van der Waals surface area contributed by atoms with Crippen LogP contribution in [0.1, 0.15) is 0 Å². The van der Waals surface area contributed by atoms with Crippen molar-refractivity contribution in [3.05, 3.63) is 78.9 Å². The number of ether oxygens (including phenoxy) is 2. The highest BCUT2D eigenvalue weighted by Gasteiger charge is 2.19. The number of rotatable bonds is 9. The zero-order chi connectivity index (χ0) is 18.9. The second-order valence-electron chi connectivity index (χ2n) is 5.29. The number of hydrogen-bond acceptors (Lipinski definition) is 6. The molecule has 0 saturated carbocycles. The largest absolute Gasteiger partial charge is 0.497 e. The van der Waals surface area contributed by atoms with Crippen LogP contribution >= 0.6 is 8.60 Å². The molecule has 1 N–H and O–H groups in total. The van der Waals surface area contributed by atoms with Crippen LogP contribution < -0.4 is 24.0 Å². The van der Waals surface area contributed by atoms with Crippen molar-refractivity contribution in [3.8, 4) is 23.0 Å². The van der Waals surface area contributed by atoms with Crippen molar-refractivity contribution in [1.29, 1.82) is 0 Å². The molecule has 3 aromatic rings. The normalized spacial score (nSPS) is 10.3. The topological polar surface area (TPSA) is 58.2 Å². The first-order valence-electron chi connectivity index (χ1n) is 8.19. The summed E-state index contributed by atoms with van der Waals surface area (Å²) in [4.78, 5) is 0. The van der Waals surface area contributed by atoms with Gasteiger partial charge in [-0.15, -0.1) is 0 Å². The van der Waals surface area contributed by atoms with Gasteiger partial charge in [0, 0.05) is 6.07 Å². The Kier molecular flexibility index (Phi) is 6.74. The average Bonchev–Trinajstić information content (AvgIpc) is 2.73. The maximum Gasteiger partial charge on any atom is 0.486 e. The molecule has 0 atom stereocenters. The van der Waals surface area contributed by atoms with Crippen molar-refractivity contribution in [2.24, 2.45) is 0 Å². The molecule has 7 heteroatoms. The van der Waals surface area contributed by atoms with Gasteiger partial charge in [-0.3, -0.25) is 5.48 Å². The van der Waals surface area contributed by atoms with Gasteiger partial charge < -0.3 is 18.5 Å². The molecule has 0 unspecified atom stereocenters. The van der Waals surface area contributed by atoms with Crippen LogP contribution in [0.25, 0.3) is 0 Å². The zero-order valence-corrected chi connectivity index (χ0v) is 15.9. The number of hydrogen-bond donors (Lipinski definition) is 1. The minimum atomic E-state index is -1.78. The average molecular weight is 385 g/mol. The number of para-hydroxylation sites is 2. The highest BCUT2D eigenvalue weighted by Crippen LogP contribution is 2.42. The highest BCUT2D eigenvalue weighted by molar-refractivity contribution is 7.42. The maximum atomic E-state index is 5.86. The molecule has 0 heterocycles. The second-order valence-corrected chi connectivity index (χ2v) is 6.29. The van der Waals surface area contributed by atoms with E-state index >= 15 is 0 Å². The van der Waals surface area contributed by atoms with Crippen molar-refractivity contribution in [3.63, 3.8) is 0 Å². The first kappa shape index (κ1) is 18.8. The highest BCUT2D eigenvalue weighted by atomic mass is 31.2. The smallest absolute Gasteiger partial charge is 0.486 e. The van der Waals surface area contributed by atoms with Crippen molar-refractivity contribution < 1.29 is 23.1 Å². The van der Waals surface area contributed by atoms with Crippen LogP contribution in [0.2, 0.25) is 0 Å². The van der Waals surface area contributed by atoms with Crippen LogP contribution in [0, 0.1) is 0 Å². The van der Waals surface area contributed by atoms with Crippen molar-refractivity contribution in [2.75, 3.05) is 19.7 Å². The molecule has 0 amide bonds. The van der Waals surface area contributed by atoms with E-state index in [-0.39, 0.29) is 0 Å². The van der Waals surface area contributed by atoms with Crippen LogP contribution in [0.15, 0.2) is 78.9 Å². The van der Waals surface area contributed by atoms with Gasteiger partial charge in [0.15, 0.2) is 0 Å². The van der Waals surface area contributed by atoms with Gasteiger partial charge in [0.1, 0.15) is 28.7 Å². The van der Waals surface area contributed by atoms with Crippen LogP contribution in [0.5, 0.6) is 23.0 Å². The summed E-state index contributed by atoms with van der Waals surface area (Å²) in [6.45, 7) is 0. The maximum absolute atomic E-state index is 5.86. The third-order valence-electron chi connectivity index (χ3n) is 3.48. The van der Waals surface area contributed by atoms with E-state index in [1.165, 1.54) is 0 Å². The minimum Gasteiger partial charge on any atom is -0.497 e. The van der Waals surface area contributed by atoms with Crippen molar-refractivity contribution in [2.45, 2.75) is 0 Å². The number of methoxy groups -OCH3 is 2. The van der Waals surface area contributed by atoms with Gasteiger partial charge in [-0.05, 0) is 36.4 Å².